The van der Waals surface area contributed by atoms with Crippen LogP contribution in [0.1, 0.15) is 35.2 Å². The smallest absolute Gasteiger partial charge is 0.244 e. The largest absolute Gasteiger partial charge is 0.495 e. The molecule has 1 atom stereocenters. The third kappa shape index (κ3) is 3.76. The Labute approximate surface area is 142 Å². The molecule has 0 amide bonds. The number of hydrogen-bond acceptors (Lipinski definition) is 3. The van der Waals surface area contributed by atoms with Crippen molar-refractivity contribution >= 4 is 10.0 Å². The van der Waals surface area contributed by atoms with Gasteiger partial charge in [-0.15, -0.1) is 0 Å². The number of rotatable bonds is 5. The molecular formula is C18H22FNO3S. The molecule has 0 saturated heterocycles. The van der Waals surface area contributed by atoms with E-state index < -0.39 is 21.9 Å². The lowest BCUT2D eigenvalue weighted by molar-refractivity contribution is 0.400. The second-order valence-corrected chi connectivity index (χ2v) is 7.61. The molecule has 1 N–H and O–H groups in total. The minimum Gasteiger partial charge on any atom is -0.495 e. The van der Waals surface area contributed by atoms with Gasteiger partial charge in [-0.2, -0.15) is 0 Å². The number of aryl methyl sites for hydroxylation is 3. The van der Waals surface area contributed by atoms with Gasteiger partial charge in [0, 0.05) is 6.04 Å². The Hall–Kier alpha value is -1.92. The number of sulfonamides is 1. The zero-order valence-corrected chi connectivity index (χ0v) is 15.3. The summed E-state index contributed by atoms with van der Waals surface area (Å²) in [6, 6.07) is 6.97. The molecule has 0 radical (unpaired) electrons. The van der Waals surface area contributed by atoms with Crippen LogP contribution in [-0.2, 0) is 10.0 Å². The molecule has 0 aliphatic rings. The van der Waals surface area contributed by atoms with Crippen LogP contribution < -0.4 is 9.46 Å². The van der Waals surface area contributed by atoms with E-state index in [1.165, 1.54) is 13.2 Å². The van der Waals surface area contributed by atoms with Crippen LogP contribution in [0.4, 0.5) is 4.39 Å². The molecule has 4 nitrogen and oxygen atoms in total. The zero-order valence-electron chi connectivity index (χ0n) is 14.5. The van der Waals surface area contributed by atoms with Gasteiger partial charge < -0.3 is 4.74 Å². The number of ether oxygens (including phenoxy) is 1. The highest BCUT2D eigenvalue weighted by Gasteiger charge is 2.24. The fourth-order valence-corrected chi connectivity index (χ4v) is 4.07. The van der Waals surface area contributed by atoms with Crippen LogP contribution in [0.3, 0.4) is 0 Å². The van der Waals surface area contributed by atoms with E-state index in [9.17, 15) is 12.8 Å². The highest BCUT2D eigenvalue weighted by Crippen LogP contribution is 2.27. The lowest BCUT2D eigenvalue weighted by Crippen LogP contribution is -2.28. The van der Waals surface area contributed by atoms with Gasteiger partial charge in [-0.25, -0.2) is 17.5 Å². The number of halogens is 1. The molecule has 0 heterocycles. The molecule has 2 aromatic rings. The quantitative estimate of drug-likeness (QED) is 0.891. The summed E-state index contributed by atoms with van der Waals surface area (Å²) in [7, 11) is -2.58. The van der Waals surface area contributed by atoms with Crippen LogP contribution >= 0.6 is 0 Å². The molecule has 0 saturated carbocycles. The Kier molecular flexibility index (Phi) is 5.30. The summed E-state index contributed by atoms with van der Waals surface area (Å²) < 4.78 is 46.4. The molecule has 2 rings (SSSR count). The monoisotopic (exact) mass is 351 g/mol. The average molecular weight is 351 g/mol. The Morgan fingerprint density at radius 1 is 1.04 bits per heavy atom. The van der Waals surface area contributed by atoms with Crippen LogP contribution in [0.2, 0.25) is 0 Å². The van der Waals surface area contributed by atoms with E-state index in [1.807, 2.05) is 32.9 Å². The second-order valence-electron chi connectivity index (χ2n) is 5.93. The van der Waals surface area contributed by atoms with Crippen molar-refractivity contribution in [2.24, 2.45) is 0 Å². The summed E-state index contributed by atoms with van der Waals surface area (Å²) in [6.07, 6.45) is 0. The fraction of sp³-hybridized carbons (Fsp3) is 0.333. The molecule has 0 fully saturated rings. The minimum atomic E-state index is -3.93. The number of nitrogens with one attached hydrogen (secondary N) is 1. The molecule has 0 spiro atoms. The van der Waals surface area contributed by atoms with Crippen molar-refractivity contribution in [1.29, 1.82) is 0 Å². The van der Waals surface area contributed by atoms with Gasteiger partial charge >= 0.3 is 0 Å². The van der Waals surface area contributed by atoms with Crippen molar-refractivity contribution in [3.8, 4) is 5.75 Å². The van der Waals surface area contributed by atoms with E-state index >= 15 is 0 Å². The highest BCUT2D eigenvalue weighted by molar-refractivity contribution is 7.89. The first-order valence-electron chi connectivity index (χ1n) is 7.59. The SMILES string of the molecule is COc1ccc(F)cc1S(=O)(=O)N[C@@H](C)c1cc(C)c(C)cc1C. The third-order valence-electron chi connectivity index (χ3n) is 4.10. The van der Waals surface area contributed by atoms with E-state index in [2.05, 4.69) is 4.72 Å². The first-order chi connectivity index (χ1) is 11.2. The Morgan fingerprint density at radius 3 is 2.29 bits per heavy atom. The maximum Gasteiger partial charge on any atom is 0.244 e. The lowest BCUT2D eigenvalue weighted by Gasteiger charge is -2.19. The summed E-state index contributed by atoms with van der Waals surface area (Å²) in [5.74, 6) is -0.529. The van der Waals surface area contributed by atoms with Crippen molar-refractivity contribution in [2.75, 3.05) is 7.11 Å². The number of hydrogen-bond donors (Lipinski definition) is 1. The minimum absolute atomic E-state index is 0.105. The molecule has 6 heteroatoms. The third-order valence-corrected chi connectivity index (χ3v) is 5.66. The van der Waals surface area contributed by atoms with Gasteiger partial charge in [-0.3, -0.25) is 0 Å². The summed E-state index contributed by atoms with van der Waals surface area (Å²) in [5, 5.41) is 0. The molecule has 0 aromatic heterocycles. The van der Waals surface area contributed by atoms with Gasteiger partial charge in [0.15, 0.2) is 0 Å². The molecule has 0 aliphatic heterocycles. The van der Waals surface area contributed by atoms with Crippen molar-refractivity contribution in [1.82, 2.24) is 4.72 Å². The summed E-state index contributed by atoms with van der Waals surface area (Å²) >= 11 is 0. The van der Waals surface area contributed by atoms with Crippen molar-refractivity contribution < 1.29 is 17.5 Å². The zero-order chi connectivity index (χ0) is 18.1. The summed E-state index contributed by atoms with van der Waals surface area (Å²) in [4.78, 5) is -0.210. The maximum atomic E-state index is 13.5. The first kappa shape index (κ1) is 18.4. The number of methoxy groups -OCH3 is 1. The van der Waals surface area contributed by atoms with E-state index in [-0.39, 0.29) is 10.6 Å². The Balaban J connectivity index is 2.39. The molecule has 0 aliphatic carbocycles. The van der Waals surface area contributed by atoms with Gasteiger partial charge in [-0.1, -0.05) is 12.1 Å². The summed E-state index contributed by atoms with van der Waals surface area (Å²) in [6.45, 7) is 7.70. The predicted octanol–water partition coefficient (Wildman–Crippen LogP) is 3.80. The van der Waals surface area contributed by atoms with Crippen molar-refractivity contribution in [2.45, 2.75) is 38.6 Å². The molecular weight excluding hydrogens is 329 g/mol. The van der Waals surface area contributed by atoms with E-state index in [0.29, 0.717) is 0 Å². The van der Waals surface area contributed by atoms with Crippen molar-refractivity contribution in [3.63, 3.8) is 0 Å². The van der Waals surface area contributed by atoms with Gasteiger partial charge in [0.05, 0.1) is 7.11 Å². The van der Waals surface area contributed by atoms with Gasteiger partial charge in [0.2, 0.25) is 10.0 Å². The number of benzene rings is 2. The average Bonchev–Trinajstić information content (AvgIpc) is 2.50. The van der Waals surface area contributed by atoms with Crippen LogP contribution in [-0.4, -0.2) is 15.5 Å². The van der Waals surface area contributed by atoms with Crippen LogP contribution in [0.5, 0.6) is 5.75 Å². The molecule has 130 valence electrons. The van der Waals surface area contributed by atoms with Gasteiger partial charge in [0.1, 0.15) is 16.5 Å². The topological polar surface area (TPSA) is 55.4 Å². The van der Waals surface area contributed by atoms with E-state index in [0.717, 1.165) is 34.4 Å². The maximum absolute atomic E-state index is 13.5. The highest BCUT2D eigenvalue weighted by atomic mass is 32.2. The fourth-order valence-electron chi connectivity index (χ4n) is 2.67. The van der Waals surface area contributed by atoms with Gasteiger partial charge in [-0.05, 0) is 68.1 Å². The van der Waals surface area contributed by atoms with E-state index in [4.69, 9.17) is 4.74 Å². The predicted molar refractivity (Wildman–Crippen MR) is 92.3 cm³/mol. The summed E-state index contributed by atoms with van der Waals surface area (Å²) in [5.41, 5.74) is 4.12. The molecule has 24 heavy (non-hydrogen) atoms. The van der Waals surface area contributed by atoms with E-state index in [1.54, 1.807) is 6.92 Å². The van der Waals surface area contributed by atoms with Crippen LogP contribution in [0.15, 0.2) is 35.2 Å². The van der Waals surface area contributed by atoms with Crippen LogP contribution in [0, 0.1) is 26.6 Å². The molecule has 0 unspecified atom stereocenters. The van der Waals surface area contributed by atoms with Crippen molar-refractivity contribution in [3.05, 3.63) is 58.4 Å². The van der Waals surface area contributed by atoms with Crippen LogP contribution in [0.25, 0.3) is 0 Å². The van der Waals surface area contributed by atoms with Gasteiger partial charge in [0.25, 0.3) is 0 Å². The lowest BCUT2D eigenvalue weighted by atomic mass is 9.97. The Morgan fingerprint density at radius 2 is 1.67 bits per heavy atom. The first-order valence-corrected chi connectivity index (χ1v) is 9.07. The molecule has 2 aromatic carbocycles. The second kappa shape index (κ2) is 6.91. The molecule has 0 bridgehead atoms. The standard InChI is InChI=1S/C18H22FNO3S/c1-11-8-13(3)16(9-12(11)2)14(4)20-24(21,22)18-10-15(19)6-7-17(18)23-5/h6-10,14,20H,1-5H3/t14-/m0/s1. The normalized spacial score (nSPS) is 12.9. The Bertz CT molecular complexity index is 863.